The number of furan rings is 1. The second-order valence-electron chi connectivity index (χ2n) is 3.39. The van der Waals surface area contributed by atoms with Crippen molar-refractivity contribution < 1.29 is 14.3 Å². The molecule has 0 saturated carbocycles. The van der Waals surface area contributed by atoms with Crippen molar-refractivity contribution in [2.24, 2.45) is 0 Å². The van der Waals surface area contributed by atoms with Crippen LogP contribution in [-0.4, -0.2) is 26.3 Å². The van der Waals surface area contributed by atoms with Gasteiger partial charge in [-0.1, -0.05) is 0 Å². The van der Waals surface area contributed by atoms with E-state index in [2.05, 4.69) is 31.1 Å². The minimum atomic E-state index is -1.06. The van der Waals surface area contributed by atoms with Gasteiger partial charge in [0.1, 0.15) is 16.5 Å². The van der Waals surface area contributed by atoms with Gasteiger partial charge in [-0.05, 0) is 40.7 Å². The highest BCUT2D eigenvalue weighted by Crippen LogP contribution is 2.29. The SMILES string of the molecule is Cc1nc(S/C(=C\c2cc(Br)c(I)o2)C(=O)O)n[nH]1. The summed E-state index contributed by atoms with van der Waals surface area (Å²) in [6.45, 7) is 1.74. The van der Waals surface area contributed by atoms with Crippen molar-refractivity contribution in [1.29, 1.82) is 0 Å². The molecule has 0 radical (unpaired) electrons. The molecule has 6 nitrogen and oxygen atoms in total. The maximum atomic E-state index is 11.2. The molecule has 0 spiro atoms. The zero-order chi connectivity index (χ0) is 14.0. The molecule has 0 aliphatic heterocycles. The number of H-pyrrole nitrogens is 1. The normalized spacial score (nSPS) is 11.8. The number of hydrogen-bond donors (Lipinski definition) is 2. The molecule has 0 unspecified atom stereocenters. The number of aryl methyl sites for hydroxylation is 1. The van der Waals surface area contributed by atoms with Gasteiger partial charge in [0.05, 0.1) is 4.47 Å². The van der Waals surface area contributed by atoms with Gasteiger partial charge in [0.15, 0.2) is 3.77 Å². The summed E-state index contributed by atoms with van der Waals surface area (Å²) in [7, 11) is 0. The number of aromatic amines is 1. The van der Waals surface area contributed by atoms with Crippen LogP contribution >= 0.6 is 50.3 Å². The van der Waals surface area contributed by atoms with Crippen molar-refractivity contribution in [1.82, 2.24) is 15.2 Å². The number of aliphatic carboxylic acids is 1. The van der Waals surface area contributed by atoms with Gasteiger partial charge in [0, 0.05) is 28.7 Å². The summed E-state index contributed by atoms with van der Waals surface area (Å²) < 4.78 is 6.82. The lowest BCUT2D eigenvalue weighted by Gasteiger charge is -1.96. The Morgan fingerprint density at radius 3 is 2.89 bits per heavy atom. The quantitative estimate of drug-likeness (QED) is 0.417. The second kappa shape index (κ2) is 6.09. The summed E-state index contributed by atoms with van der Waals surface area (Å²) in [5.41, 5.74) is 0. The van der Waals surface area contributed by atoms with E-state index in [1.54, 1.807) is 13.0 Å². The number of nitrogens with zero attached hydrogens (tertiary/aromatic N) is 2. The number of rotatable bonds is 4. The van der Waals surface area contributed by atoms with Gasteiger partial charge in [0.2, 0.25) is 5.16 Å². The molecule has 19 heavy (non-hydrogen) atoms. The number of carbonyl (C=O) groups is 1. The van der Waals surface area contributed by atoms with Gasteiger partial charge in [-0.3, -0.25) is 5.10 Å². The van der Waals surface area contributed by atoms with Gasteiger partial charge in [0.25, 0.3) is 0 Å². The Labute approximate surface area is 134 Å². The van der Waals surface area contributed by atoms with E-state index in [1.165, 1.54) is 6.08 Å². The summed E-state index contributed by atoms with van der Waals surface area (Å²) >= 11 is 6.27. The molecule has 0 amide bonds. The van der Waals surface area contributed by atoms with E-state index in [-0.39, 0.29) is 4.91 Å². The highest BCUT2D eigenvalue weighted by Gasteiger charge is 2.14. The lowest BCUT2D eigenvalue weighted by atomic mass is 10.4. The van der Waals surface area contributed by atoms with E-state index in [1.807, 2.05) is 22.6 Å². The molecular formula is C10H7BrIN3O3S. The maximum Gasteiger partial charge on any atom is 0.342 e. The average Bonchev–Trinajstić information content (AvgIpc) is 2.85. The van der Waals surface area contributed by atoms with Crippen molar-refractivity contribution in [3.05, 3.63) is 30.8 Å². The zero-order valence-corrected chi connectivity index (χ0v) is 14.0. The number of carboxylic acid groups (broad SMARTS) is 1. The Balaban J connectivity index is 2.27. The van der Waals surface area contributed by atoms with Crippen LogP contribution in [0.4, 0.5) is 0 Å². The fourth-order valence-corrected chi connectivity index (χ4v) is 2.61. The van der Waals surface area contributed by atoms with E-state index < -0.39 is 5.97 Å². The molecule has 0 atom stereocenters. The molecule has 0 saturated heterocycles. The van der Waals surface area contributed by atoms with Crippen LogP contribution in [0.2, 0.25) is 0 Å². The standard InChI is InChI=1S/C10H7BrIN3O3S/c1-4-13-10(15-14-4)19-7(9(16)17)3-5-2-6(11)8(12)18-5/h2-3H,1H3,(H,16,17)(H,13,14,15)/b7-3-. The third-order valence-electron chi connectivity index (χ3n) is 1.93. The number of nitrogens with one attached hydrogen (secondary N) is 1. The molecule has 9 heteroatoms. The first-order valence-corrected chi connectivity index (χ1v) is 7.61. The molecule has 0 aliphatic rings. The molecule has 0 fully saturated rings. The van der Waals surface area contributed by atoms with E-state index in [0.29, 0.717) is 20.5 Å². The Bertz CT molecular complexity index is 633. The van der Waals surface area contributed by atoms with Crippen LogP contribution in [-0.2, 0) is 4.79 Å². The van der Waals surface area contributed by atoms with Gasteiger partial charge >= 0.3 is 5.97 Å². The van der Waals surface area contributed by atoms with Gasteiger partial charge in [-0.25, -0.2) is 9.78 Å². The van der Waals surface area contributed by atoms with Crippen LogP contribution in [0.15, 0.2) is 25.0 Å². The van der Waals surface area contributed by atoms with Gasteiger partial charge in [-0.15, -0.1) is 5.10 Å². The first kappa shape index (κ1) is 14.6. The Morgan fingerprint density at radius 1 is 1.68 bits per heavy atom. The average molecular weight is 456 g/mol. The van der Waals surface area contributed by atoms with Crippen molar-refractivity contribution in [2.75, 3.05) is 0 Å². The van der Waals surface area contributed by atoms with Crippen LogP contribution in [0, 0.1) is 10.7 Å². The summed E-state index contributed by atoms with van der Waals surface area (Å²) in [5.74, 6) is 0.0194. The molecule has 100 valence electrons. The molecule has 0 bridgehead atoms. The summed E-state index contributed by atoms with van der Waals surface area (Å²) in [6.07, 6.45) is 1.44. The van der Waals surface area contributed by atoms with Crippen LogP contribution in [0.3, 0.4) is 0 Å². The van der Waals surface area contributed by atoms with Crippen molar-refractivity contribution in [3.8, 4) is 0 Å². The molecule has 2 aromatic rings. The molecule has 2 N–H and O–H groups in total. The van der Waals surface area contributed by atoms with Crippen molar-refractivity contribution in [2.45, 2.75) is 12.1 Å². The van der Waals surface area contributed by atoms with Crippen LogP contribution in [0.25, 0.3) is 6.08 Å². The molecule has 0 aromatic carbocycles. The first-order chi connectivity index (χ1) is 8.95. The zero-order valence-electron chi connectivity index (χ0n) is 9.48. The van der Waals surface area contributed by atoms with E-state index in [0.717, 1.165) is 16.2 Å². The van der Waals surface area contributed by atoms with E-state index >= 15 is 0 Å². The second-order valence-corrected chi connectivity index (χ2v) is 6.23. The smallest absolute Gasteiger partial charge is 0.342 e. The molecule has 2 rings (SSSR count). The first-order valence-electron chi connectivity index (χ1n) is 4.92. The molecule has 2 heterocycles. The van der Waals surface area contributed by atoms with Gasteiger partial charge < -0.3 is 9.52 Å². The topological polar surface area (TPSA) is 92.0 Å². The largest absolute Gasteiger partial charge is 0.477 e. The monoisotopic (exact) mass is 455 g/mol. The lowest BCUT2D eigenvalue weighted by Crippen LogP contribution is -1.97. The van der Waals surface area contributed by atoms with Crippen molar-refractivity contribution in [3.63, 3.8) is 0 Å². The van der Waals surface area contributed by atoms with Crippen LogP contribution < -0.4 is 0 Å². The number of halogens is 2. The third kappa shape index (κ3) is 3.83. The van der Waals surface area contributed by atoms with Crippen LogP contribution in [0.1, 0.15) is 11.6 Å². The summed E-state index contributed by atoms with van der Waals surface area (Å²) in [6, 6.07) is 1.70. The minimum Gasteiger partial charge on any atom is -0.477 e. The maximum absolute atomic E-state index is 11.2. The number of aromatic nitrogens is 3. The highest BCUT2D eigenvalue weighted by atomic mass is 127. The van der Waals surface area contributed by atoms with Crippen molar-refractivity contribution >= 4 is 62.3 Å². The molecule has 2 aromatic heterocycles. The number of hydrogen-bond acceptors (Lipinski definition) is 5. The number of carboxylic acids is 1. The Hall–Kier alpha value is -0.810. The summed E-state index contributed by atoms with van der Waals surface area (Å²) in [5, 5.41) is 16.1. The molecular weight excluding hydrogens is 449 g/mol. The number of thioether (sulfide) groups is 1. The van der Waals surface area contributed by atoms with E-state index in [9.17, 15) is 4.79 Å². The lowest BCUT2D eigenvalue weighted by molar-refractivity contribution is -0.131. The van der Waals surface area contributed by atoms with Crippen LogP contribution in [0.5, 0.6) is 0 Å². The highest BCUT2D eigenvalue weighted by molar-refractivity contribution is 14.1. The van der Waals surface area contributed by atoms with Gasteiger partial charge in [-0.2, -0.15) is 0 Å². The fraction of sp³-hybridized carbons (Fsp3) is 0.100. The predicted octanol–water partition coefficient (Wildman–Crippen LogP) is 3.29. The predicted molar refractivity (Wildman–Crippen MR) is 81.7 cm³/mol. The Morgan fingerprint density at radius 2 is 2.42 bits per heavy atom. The fourth-order valence-electron chi connectivity index (χ4n) is 1.16. The van der Waals surface area contributed by atoms with E-state index in [4.69, 9.17) is 9.52 Å². The Kier molecular flexibility index (Phi) is 4.68. The summed E-state index contributed by atoms with van der Waals surface area (Å²) in [4.78, 5) is 15.3. The third-order valence-corrected chi connectivity index (χ3v) is 4.94. The molecule has 0 aliphatic carbocycles. The minimum absolute atomic E-state index is 0.0802.